The van der Waals surface area contributed by atoms with Gasteiger partial charge >= 0.3 is 0 Å². The van der Waals surface area contributed by atoms with Crippen LogP contribution >= 0.6 is 0 Å². The number of furan rings is 1. The first-order valence-corrected chi connectivity index (χ1v) is 10.5. The molecule has 2 aromatic rings. The summed E-state index contributed by atoms with van der Waals surface area (Å²) in [7, 11) is -3.36. The number of hydrogen-bond acceptors (Lipinski definition) is 4. The summed E-state index contributed by atoms with van der Waals surface area (Å²) in [6, 6.07) is 11.1. The Kier molecular flexibility index (Phi) is 6.84. The Morgan fingerprint density at radius 2 is 1.81 bits per heavy atom. The molecule has 0 bridgehead atoms. The minimum Gasteiger partial charge on any atom is -0.464 e. The molecule has 0 saturated heterocycles. The molecule has 1 heterocycles. The predicted molar refractivity (Wildman–Crippen MR) is 108 cm³/mol. The van der Waals surface area contributed by atoms with Gasteiger partial charge < -0.3 is 9.73 Å². The molecule has 1 unspecified atom stereocenters. The second-order valence-electron chi connectivity index (χ2n) is 7.71. The van der Waals surface area contributed by atoms with Gasteiger partial charge in [0.25, 0.3) is 0 Å². The largest absolute Gasteiger partial charge is 0.464 e. The molecule has 0 aliphatic rings. The highest BCUT2D eigenvalue weighted by Crippen LogP contribution is 2.22. The van der Waals surface area contributed by atoms with Crippen LogP contribution in [0.1, 0.15) is 40.5 Å². The van der Waals surface area contributed by atoms with E-state index in [1.165, 1.54) is 0 Å². The fourth-order valence-corrected chi connectivity index (χ4v) is 3.27. The topological polar surface area (TPSA) is 88.4 Å². The average Bonchev–Trinajstić information content (AvgIpc) is 3.12. The zero-order valence-electron chi connectivity index (χ0n) is 16.3. The van der Waals surface area contributed by atoms with E-state index in [0.717, 1.165) is 17.0 Å². The zero-order valence-corrected chi connectivity index (χ0v) is 17.1. The molecule has 0 radical (unpaired) electrons. The number of sulfonamides is 1. The van der Waals surface area contributed by atoms with E-state index in [1.807, 2.05) is 43.3 Å². The van der Waals surface area contributed by atoms with Crippen LogP contribution in [0.5, 0.6) is 0 Å². The normalized spacial score (nSPS) is 13.3. The molecule has 0 saturated carbocycles. The number of benzene rings is 1. The summed E-state index contributed by atoms with van der Waals surface area (Å²) in [6.07, 6.45) is 2.55. The molecule has 6 nitrogen and oxygen atoms in total. The maximum Gasteiger partial charge on any atom is 0.224 e. The second kappa shape index (κ2) is 8.71. The fourth-order valence-electron chi connectivity index (χ4n) is 2.33. The van der Waals surface area contributed by atoms with Crippen LogP contribution in [0.4, 0.5) is 5.69 Å². The maximum absolute atomic E-state index is 12.1. The lowest BCUT2D eigenvalue weighted by Gasteiger charge is -2.21. The summed E-state index contributed by atoms with van der Waals surface area (Å²) < 4.78 is 31.2. The average molecular weight is 393 g/mol. The van der Waals surface area contributed by atoms with Crippen LogP contribution in [0, 0.1) is 5.92 Å². The molecule has 148 valence electrons. The van der Waals surface area contributed by atoms with Crippen LogP contribution in [0.3, 0.4) is 0 Å². The highest BCUT2D eigenvalue weighted by Gasteiger charge is 2.28. The van der Waals surface area contributed by atoms with Crippen molar-refractivity contribution in [1.82, 2.24) is 4.72 Å². The number of amides is 1. The summed E-state index contributed by atoms with van der Waals surface area (Å²) in [5, 5.41) is 2.86. The summed E-state index contributed by atoms with van der Waals surface area (Å²) >= 11 is 0. The first kappa shape index (κ1) is 21.2. The van der Waals surface area contributed by atoms with Gasteiger partial charge in [0.05, 0.1) is 11.0 Å². The Balaban J connectivity index is 1.77. The van der Waals surface area contributed by atoms with Crippen LogP contribution < -0.4 is 10.0 Å². The molecule has 1 amide bonds. The molecule has 2 N–H and O–H groups in total. The third-order valence-electron chi connectivity index (χ3n) is 4.27. The molecule has 1 atom stereocenters. The summed E-state index contributed by atoms with van der Waals surface area (Å²) in [4.78, 5) is 12.1. The van der Waals surface area contributed by atoms with Gasteiger partial charge in [0, 0.05) is 24.2 Å². The monoisotopic (exact) mass is 392 g/mol. The van der Waals surface area contributed by atoms with Crippen molar-refractivity contribution in [2.45, 2.75) is 45.3 Å². The number of carbonyl (C=O) groups is 1. The predicted octanol–water partition coefficient (Wildman–Crippen LogP) is 4.02. The number of hydrogen-bond donors (Lipinski definition) is 2. The van der Waals surface area contributed by atoms with Gasteiger partial charge in [-0.15, -0.1) is 0 Å². The van der Waals surface area contributed by atoms with Crippen molar-refractivity contribution in [3.63, 3.8) is 0 Å². The van der Waals surface area contributed by atoms with Crippen molar-refractivity contribution in [2.75, 3.05) is 11.9 Å². The van der Waals surface area contributed by atoms with Crippen LogP contribution in [-0.2, 0) is 14.8 Å². The summed E-state index contributed by atoms with van der Waals surface area (Å²) in [6.45, 7) is 7.22. The second-order valence-corrected chi connectivity index (χ2v) is 10.2. The highest BCUT2D eigenvalue weighted by atomic mass is 32.2. The standard InChI is InChI=1S/C20H28N2O4S/c1-15(14-21-27(24,25)20(2,3)4)7-12-19(23)22-17-10-8-16(9-11-17)18-6-5-13-26-18/h5-6,8-11,13,15,21H,7,12,14H2,1-4H3,(H,22,23). The van der Waals surface area contributed by atoms with E-state index < -0.39 is 14.8 Å². The number of nitrogens with one attached hydrogen (secondary N) is 2. The Labute approximate surface area is 161 Å². The molecule has 27 heavy (non-hydrogen) atoms. The zero-order chi connectivity index (χ0) is 20.1. The van der Waals surface area contributed by atoms with E-state index in [0.29, 0.717) is 19.4 Å². The molecule has 0 aliphatic heterocycles. The Bertz CT molecular complexity index is 835. The quantitative estimate of drug-likeness (QED) is 0.710. The van der Waals surface area contributed by atoms with E-state index in [-0.39, 0.29) is 11.8 Å². The van der Waals surface area contributed by atoms with Crippen molar-refractivity contribution in [2.24, 2.45) is 5.92 Å². The molecule has 0 aliphatic carbocycles. The van der Waals surface area contributed by atoms with Crippen molar-refractivity contribution in [3.05, 3.63) is 42.7 Å². The lowest BCUT2D eigenvalue weighted by molar-refractivity contribution is -0.116. The first-order valence-electron chi connectivity index (χ1n) is 9.01. The SMILES string of the molecule is CC(CCC(=O)Nc1ccc(-c2ccco2)cc1)CNS(=O)(=O)C(C)(C)C. The lowest BCUT2D eigenvalue weighted by Crippen LogP contribution is -2.41. The van der Waals surface area contributed by atoms with E-state index >= 15 is 0 Å². The van der Waals surface area contributed by atoms with Gasteiger partial charge in [-0.1, -0.05) is 6.92 Å². The molecule has 1 aromatic carbocycles. The van der Waals surface area contributed by atoms with Crippen molar-refractivity contribution in [1.29, 1.82) is 0 Å². The minimum absolute atomic E-state index is 0.0641. The number of carbonyl (C=O) groups excluding carboxylic acids is 1. The van der Waals surface area contributed by atoms with Crippen LogP contribution in [0.25, 0.3) is 11.3 Å². The van der Waals surface area contributed by atoms with E-state index in [2.05, 4.69) is 10.0 Å². The van der Waals surface area contributed by atoms with Gasteiger partial charge in [-0.25, -0.2) is 13.1 Å². The molecular weight excluding hydrogens is 364 g/mol. The smallest absolute Gasteiger partial charge is 0.224 e. The van der Waals surface area contributed by atoms with Crippen molar-refractivity contribution >= 4 is 21.6 Å². The highest BCUT2D eigenvalue weighted by molar-refractivity contribution is 7.90. The van der Waals surface area contributed by atoms with Gasteiger partial charge in [-0.3, -0.25) is 4.79 Å². The van der Waals surface area contributed by atoms with Crippen molar-refractivity contribution < 1.29 is 17.6 Å². The maximum atomic E-state index is 12.1. The lowest BCUT2D eigenvalue weighted by atomic mass is 10.1. The third-order valence-corrected chi connectivity index (χ3v) is 6.43. The Morgan fingerprint density at radius 3 is 2.37 bits per heavy atom. The molecule has 1 aromatic heterocycles. The summed E-state index contributed by atoms with van der Waals surface area (Å²) in [5.41, 5.74) is 1.66. The number of rotatable bonds is 8. The van der Waals surface area contributed by atoms with Gasteiger partial charge in [-0.2, -0.15) is 0 Å². The van der Waals surface area contributed by atoms with Gasteiger partial charge in [0.15, 0.2) is 0 Å². The van der Waals surface area contributed by atoms with E-state index in [4.69, 9.17) is 4.42 Å². The van der Waals surface area contributed by atoms with Gasteiger partial charge in [0.2, 0.25) is 15.9 Å². The van der Waals surface area contributed by atoms with E-state index in [1.54, 1.807) is 27.0 Å². The van der Waals surface area contributed by atoms with Crippen LogP contribution in [0.2, 0.25) is 0 Å². The van der Waals surface area contributed by atoms with Crippen LogP contribution in [-0.4, -0.2) is 25.6 Å². The van der Waals surface area contributed by atoms with Crippen LogP contribution in [0.15, 0.2) is 47.1 Å². The molecule has 0 fully saturated rings. The van der Waals surface area contributed by atoms with Gasteiger partial charge in [0.1, 0.15) is 5.76 Å². The van der Waals surface area contributed by atoms with Gasteiger partial charge in [-0.05, 0) is 69.5 Å². The van der Waals surface area contributed by atoms with E-state index in [9.17, 15) is 13.2 Å². The number of anilines is 1. The Morgan fingerprint density at radius 1 is 1.15 bits per heavy atom. The molecule has 2 rings (SSSR count). The minimum atomic E-state index is -3.36. The molecule has 7 heteroatoms. The third kappa shape index (κ3) is 6.22. The Hall–Kier alpha value is -2.12. The first-order chi connectivity index (χ1) is 12.6. The molecule has 0 spiro atoms. The molecular formula is C20H28N2O4S. The summed E-state index contributed by atoms with van der Waals surface area (Å²) in [5.74, 6) is 0.750. The fraction of sp³-hybridized carbons (Fsp3) is 0.450. The van der Waals surface area contributed by atoms with Crippen molar-refractivity contribution in [3.8, 4) is 11.3 Å².